The van der Waals surface area contributed by atoms with Gasteiger partial charge < -0.3 is 14.8 Å². The molecule has 0 saturated carbocycles. The fourth-order valence-electron chi connectivity index (χ4n) is 2.29. The Balaban J connectivity index is 2.16. The second-order valence-corrected chi connectivity index (χ2v) is 6.30. The number of halogens is 2. The molecule has 0 spiro atoms. The SMILES string of the molecule is CCOc1cc(CNC(C)CC)c(Cl)cc1OCc1ccccc1F. The van der Waals surface area contributed by atoms with Gasteiger partial charge in [0, 0.05) is 29.2 Å². The summed E-state index contributed by atoms with van der Waals surface area (Å²) >= 11 is 6.39. The third-order valence-electron chi connectivity index (χ3n) is 4.01. The Morgan fingerprint density at radius 3 is 2.48 bits per heavy atom. The van der Waals surface area contributed by atoms with Crippen LogP contribution in [0.1, 0.15) is 38.3 Å². The molecule has 2 rings (SSSR count). The Kier molecular flexibility index (Phi) is 7.53. The van der Waals surface area contributed by atoms with Crippen molar-refractivity contribution in [2.75, 3.05) is 6.61 Å². The molecule has 25 heavy (non-hydrogen) atoms. The average molecular weight is 366 g/mol. The van der Waals surface area contributed by atoms with Crippen LogP contribution < -0.4 is 14.8 Å². The molecule has 0 heterocycles. The molecule has 0 aromatic heterocycles. The van der Waals surface area contributed by atoms with Crippen LogP contribution in [0.5, 0.6) is 11.5 Å². The van der Waals surface area contributed by atoms with E-state index in [1.807, 2.05) is 13.0 Å². The minimum Gasteiger partial charge on any atom is -0.490 e. The van der Waals surface area contributed by atoms with Crippen LogP contribution in [0.2, 0.25) is 5.02 Å². The van der Waals surface area contributed by atoms with Crippen molar-refractivity contribution in [3.05, 3.63) is 58.4 Å². The van der Waals surface area contributed by atoms with Crippen molar-refractivity contribution in [3.63, 3.8) is 0 Å². The zero-order valence-corrected chi connectivity index (χ0v) is 15.7. The Bertz CT molecular complexity index is 693. The van der Waals surface area contributed by atoms with Crippen molar-refractivity contribution in [3.8, 4) is 11.5 Å². The topological polar surface area (TPSA) is 30.5 Å². The predicted molar refractivity (Wildman–Crippen MR) is 99.9 cm³/mol. The standard InChI is InChI=1S/C20H25ClFNO2/c1-4-14(3)23-12-16-10-19(24-5-2)20(11-17(16)21)25-13-15-8-6-7-9-18(15)22/h6-11,14,23H,4-5,12-13H2,1-3H3. The highest BCUT2D eigenvalue weighted by atomic mass is 35.5. The van der Waals surface area contributed by atoms with Crippen molar-refractivity contribution < 1.29 is 13.9 Å². The molecule has 0 saturated heterocycles. The van der Waals surface area contributed by atoms with Gasteiger partial charge in [-0.15, -0.1) is 0 Å². The quantitative estimate of drug-likeness (QED) is 0.650. The third kappa shape index (κ3) is 5.62. The van der Waals surface area contributed by atoms with Gasteiger partial charge in [-0.3, -0.25) is 0 Å². The molecule has 0 fully saturated rings. The molecule has 2 aromatic rings. The fraction of sp³-hybridized carbons (Fsp3) is 0.400. The first kappa shape index (κ1) is 19.5. The molecule has 1 unspecified atom stereocenters. The Hall–Kier alpha value is -1.78. The first-order valence-corrected chi connectivity index (χ1v) is 8.97. The summed E-state index contributed by atoms with van der Waals surface area (Å²) in [6.07, 6.45) is 1.04. The zero-order valence-electron chi connectivity index (χ0n) is 14.9. The van der Waals surface area contributed by atoms with Gasteiger partial charge in [-0.2, -0.15) is 0 Å². The maximum atomic E-state index is 13.7. The van der Waals surface area contributed by atoms with E-state index in [-0.39, 0.29) is 12.4 Å². The third-order valence-corrected chi connectivity index (χ3v) is 4.36. The number of nitrogens with one attached hydrogen (secondary N) is 1. The predicted octanol–water partition coefficient (Wildman–Crippen LogP) is 5.34. The van der Waals surface area contributed by atoms with Crippen LogP contribution >= 0.6 is 11.6 Å². The molecule has 136 valence electrons. The molecule has 0 aliphatic heterocycles. The van der Waals surface area contributed by atoms with E-state index in [9.17, 15) is 4.39 Å². The van der Waals surface area contributed by atoms with Crippen molar-refractivity contribution >= 4 is 11.6 Å². The molecular formula is C20H25ClFNO2. The minimum absolute atomic E-state index is 0.119. The summed E-state index contributed by atoms with van der Waals surface area (Å²) in [5.74, 6) is 0.840. The number of ether oxygens (including phenoxy) is 2. The van der Waals surface area contributed by atoms with Crippen LogP contribution in [-0.2, 0) is 13.2 Å². The number of benzene rings is 2. The molecule has 3 nitrogen and oxygen atoms in total. The minimum atomic E-state index is -0.291. The number of hydrogen-bond acceptors (Lipinski definition) is 3. The summed E-state index contributed by atoms with van der Waals surface area (Å²) in [6.45, 7) is 7.45. The van der Waals surface area contributed by atoms with Crippen LogP contribution in [0.25, 0.3) is 0 Å². The largest absolute Gasteiger partial charge is 0.490 e. The molecule has 0 aliphatic rings. The van der Waals surface area contributed by atoms with Gasteiger partial charge in [0.1, 0.15) is 12.4 Å². The Labute approximate surface area is 154 Å². The first-order chi connectivity index (χ1) is 12.0. The molecule has 2 aromatic carbocycles. The number of rotatable bonds is 9. The van der Waals surface area contributed by atoms with Gasteiger partial charge in [-0.05, 0) is 38.0 Å². The van der Waals surface area contributed by atoms with Gasteiger partial charge in [-0.25, -0.2) is 4.39 Å². The zero-order chi connectivity index (χ0) is 18.2. The van der Waals surface area contributed by atoms with Crippen molar-refractivity contribution in [1.82, 2.24) is 5.32 Å². The van der Waals surface area contributed by atoms with E-state index in [0.717, 1.165) is 12.0 Å². The van der Waals surface area contributed by atoms with E-state index in [1.165, 1.54) is 6.07 Å². The highest BCUT2D eigenvalue weighted by Gasteiger charge is 2.13. The second-order valence-electron chi connectivity index (χ2n) is 5.89. The van der Waals surface area contributed by atoms with Gasteiger partial charge in [0.05, 0.1) is 6.61 Å². The van der Waals surface area contributed by atoms with E-state index in [2.05, 4.69) is 19.2 Å². The monoisotopic (exact) mass is 365 g/mol. The van der Waals surface area contributed by atoms with E-state index in [0.29, 0.717) is 41.3 Å². The van der Waals surface area contributed by atoms with E-state index < -0.39 is 0 Å². The van der Waals surface area contributed by atoms with Gasteiger partial charge >= 0.3 is 0 Å². The maximum absolute atomic E-state index is 13.7. The van der Waals surface area contributed by atoms with Crippen LogP contribution in [0.4, 0.5) is 4.39 Å². The molecule has 0 bridgehead atoms. The fourth-order valence-corrected chi connectivity index (χ4v) is 2.51. The summed E-state index contributed by atoms with van der Waals surface area (Å²) in [7, 11) is 0. The highest BCUT2D eigenvalue weighted by molar-refractivity contribution is 6.31. The van der Waals surface area contributed by atoms with Gasteiger partial charge in [-0.1, -0.05) is 36.7 Å². The van der Waals surface area contributed by atoms with Gasteiger partial charge in [0.25, 0.3) is 0 Å². The van der Waals surface area contributed by atoms with E-state index in [1.54, 1.807) is 24.3 Å². The normalized spacial score (nSPS) is 12.0. The summed E-state index contributed by atoms with van der Waals surface area (Å²) < 4.78 is 25.2. The second kappa shape index (κ2) is 9.64. The van der Waals surface area contributed by atoms with Crippen molar-refractivity contribution in [2.24, 2.45) is 0 Å². The van der Waals surface area contributed by atoms with Crippen LogP contribution in [0.3, 0.4) is 0 Å². The Morgan fingerprint density at radius 2 is 1.80 bits per heavy atom. The summed E-state index contributed by atoms with van der Waals surface area (Å²) in [5, 5.41) is 4.01. The van der Waals surface area contributed by atoms with Crippen molar-refractivity contribution in [1.29, 1.82) is 0 Å². The lowest BCUT2D eigenvalue weighted by Crippen LogP contribution is -2.24. The first-order valence-electron chi connectivity index (χ1n) is 8.59. The lowest BCUT2D eigenvalue weighted by molar-refractivity contribution is 0.265. The lowest BCUT2D eigenvalue weighted by atomic mass is 10.1. The van der Waals surface area contributed by atoms with Crippen LogP contribution in [-0.4, -0.2) is 12.6 Å². The summed E-state index contributed by atoms with van der Waals surface area (Å²) in [4.78, 5) is 0. The maximum Gasteiger partial charge on any atom is 0.163 e. The molecule has 5 heteroatoms. The molecule has 0 amide bonds. The van der Waals surface area contributed by atoms with E-state index in [4.69, 9.17) is 21.1 Å². The molecule has 1 N–H and O–H groups in total. The summed E-state index contributed by atoms with van der Waals surface area (Å²) in [6, 6.07) is 10.6. The molecular weight excluding hydrogens is 341 g/mol. The smallest absolute Gasteiger partial charge is 0.163 e. The lowest BCUT2D eigenvalue weighted by Gasteiger charge is -2.17. The molecule has 0 aliphatic carbocycles. The van der Waals surface area contributed by atoms with Gasteiger partial charge in [0.15, 0.2) is 11.5 Å². The number of hydrogen-bond donors (Lipinski definition) is 1. The van der Waals surface area contributed by atoms with Crippen LogP contribution in [0.15, 0.2) is 36.4 Å². The van der Waals surface area contributed by atoms with Crippen molar-refractivity contribution in [2.45, 2.75) is 46.4 Å². The average Bonchev–Trinajstić information content (AvgIpc) is 2.61. The molecule has 0 radical (unpaired) electrons. The highest BCUT2D eigenvalue weighted by Crippen LogP contribution is 2.34. The Morgan fingerprint density at radius 1 is 1.08 bits per heavy atom. The summed E-state index contributed by atoms with van der Waals surface area (Å²) in [5.41, 5.74) is 1.44. The molecule has 1 atom stereocenters. The van der Waals surface area contributed by atoms with E-state index >= 15 is 0 Å². The van der Waals surface area contributed by atoms with Gasteiger partial charge in [0.2, 0.25) is 0 Å². The van der Waals surface area contributed by atoms with Crippen LogP contribution in [0, 0.1) is 5.82 Å².